The Bertz CT molecular complexity index is 872. The minimum Gasteiger partial charge on any atom is -0.493 e. The van der Waals surface area contributed by atoms with Crippen LogP contribution >= 0.6 is 0 Å². The van der Waals surface area contributed by atoms with Crippen molar-refractivity contribution in [1.82, 2.24) is 4.72 Å². The molecule has 0 aromatic heterocycles. The normalized spacial score (nSPS) is 11.6. The minimum atomic E-state index is -3.85. The maximum absolute atomic E-state index is 13.5. The van der Waals surface area contributed by atoms with E-state index in [1.54, 1.807) is 0 Å². The number of halogens is 3. The van der Waals surface area contributed by atoms with Crippen LogP contribution in [0.4, 0.5) is 13.2 Å². The zero-order chi connectivity index (χ0) is 19.3. The summed E-state index contributed by atoms with van der Waals surface area (Å²) < 4.78 is 74.2. The Morgan fingerprint density at radius 2 is 1.85 bits per heavy atom. The standard InChI is InChI=1S/C17H18F3NO4S/c1-11-3-5-13(10-14(11)18)26(22,23)21-8-7-12-4-6-15(25-17(19)20)16(9-12)24-2/h3-6,9-10,17,21H,7-8H2,1-2H3. The maximum Gasteiger partial charge on any atom is 0.387 e. The number of methoxy groups -OCH3 is 1. The molecule has 0 aliphatic heterocycles. The molecule has 0 amide bonds. The van der Waals surface area contributed by atoms with Crippen LogP contribution in [0, 0.1) is 12.7 Å². The minimum absolute atomic E-state index is 0.0377. The lowest BCUT2D eigenvalue weighted by Gasteiger charge is -2.12. The van der Waals surface area contributed by atoms with E-state index < -0.39 is 22.5 Å². The van der Waals surface area contributed by atoms with Gasteiger partial charge in [0.25, 0.3) is 0 Å². The molecule has 2 aromatic carbocycles. The van der Waals surface area contributed by atoms with Crippen LogP contribution in [0.2, 0.25) is 0 Å². The molecule has 0 saturated carbocycles. The van der Waals surface area contributed by atoms with Crippen LogP contribution in [0.25, 0.3) is 0 Å². The predicted octanol–water partition coefficient (Wildman–Crippen LogP) is 3.27. The highest BCUT2D eigenvalue weighted by Crippen LogP contribution is 2.29. The predicted molar refractivity (Wildman–Crippen MR) is 89.7 cm³/mol. The molecule has 2 rings (SSSR count). The largest absolute Gasteiger partial charge is 0.493 e. The third-order valence-electron chi connectivity index (χ3n) is 3.60. The average molecular weight is 389 g/mol. The average Bonchev–Trinajstić information content (AvgIpc) is 2.57. The number of ether oxygens (including phenoxy) is 2. The molecule has 0 aliphatic rings. The van der Waals surface area contributed by atoms with Crippen molar-refractivity contribution in [1.29, 1.82) is 0 Å². The number of nitrogens with one attached hydrogen (secondary N) is 1. The zero-order valence-corrected chi connectivity index (χ0v) is 14.9. The fourth-order valence-electron chi connectivity index (χ4n) is 2.21. The number of aryl methyl sites for hydroxylation is 1. The molecule has 0 spiro atoms. The molecule has 26 heavy (non-hydrogen) atoms. The van der Waals surface area contributed by atoms with Crippen molar-refractivity contribution in [3.05, 3.63) is 53.3 Å². The van der Waals surface area contributed by atoms with Crippen LogP contribution in [0.15, 0.2) is 41.3 Å². The van der Waals surface area contributed by atoms with E-state index in [0.717, 1.165) is 6.07 Å². The van der Waals surface area contributed by atoms with E-state index >= 15 is 0 Å². The summed E-state index contributed by atoms with van der Waals surface area (Å²) in [6.07, 6.45) is 0.277. The first-order valence-electron chi connectivity index (χ1n) is 7.60. The van der Waals surface area contributed by atoms with E-state index in [2.05, 4.69) is 9.46 Å². The Morgan fingerprint density at radius 3 is 2.46 bits per heavy atom. The molecule has 0 heterocycles. The van der Waals surface area contributed by atoms with Crippen LogP contribution in [0.3, 0.4) is 0 Å². The smallest absolute Gasteiger partial charge is 0.387 e. The van der Waals surface area contributed by atoms with Gasteiger partial charge in [0.2, 0.25) is 10.0 Å². The molecule has 0 radical (unpaired) electrons. The second-order valence-electron chi connectivity index (χ2n) is 5.42. The lowest BCUT2D eigenvalue weighted by Crippen LogP contribution is -2.26. The first-order chi connectivity index (χ1) is 12.2. The summed E-state index contributed by atoms with van der Waals surface area (Å²) in [6, 6.07) is 8.00. The van der Waals surface area contributed by atoms with Gasteiger partial charge in [0.05, 0.1) is 12.0 Å². The third kappa shape index (κ3) is 5.12. The zero-order valence-electron chi connectivity index (χ0n) is 14.1. The number of benzene rings is 2. The Balaban J connectivity index is 2.03. The topological polar surface area (TPSA) is 64.6 Å². The number of hydrogen-bond donors (Lipinski definition) is 1. The van der Waals surface area contributed by atoms with E-state index in [9.17, 15) is 21.6 Å². The van der Waals surface area contributed by atoms with Crippen molar-refractivity contribution in [2.45, 2.75) is 24.9 Å². The van der Waals surface area contributed by atoms with E-state index in [0.29, 0.717) is 11.1 Å². The summed E-state index contributed by atoms with van der Waals surface area (Å²) in [5.74, 6) is -0.597. The van der Waals surface area contributed by atoms with Crippen molar-refractivity contribution in [3.8, 4) is 11.5 Å². The van der Waals surface area contributed by atoms with E-state index in [4.69, 9.17) is 4.74 Å². The fraction of sp³-hybridized carbons (Fsp3) is 0.294. The summed E-state index contributed by atoms with van der Waals surface area (Å²) in [5, 5.41) is 0. The molecule has 5 nitrogen and oxygen atoms in total. The van der Waals surface area contributed by atoms with Gasteiger partial charge in [0.1, 0.15) is 5.82 Å². The molecule has 0 unspecified atom stereocenters. The molecular formula is C17H18F3NO4S. The van der Waals surface area contributed by atoms with Crippen molar-refractivity contribution in [3.63, 3.8) is 0 Å². The SMILES string of the molecule is COc1cc(CCNS(=O)(=O)c2ccc(C)c(F)c2)ccc1OC(F)F. The number of hydrogen-bond acceptors (Lipinski definition) is 4. The summed E-state index contributed by atoms with van der Waals surface area (Å²) in [7, 11) is -2.54. The summed E-state index contributed by atoms with van der Waals surface area (Å²) in [5.41, 5.74) is 1.00. The second-order valence-corrected chi connectivity index (χ2v) is 7.19. The molecule has 0 atom stereocenters. The third-order valence-corrected chi connectivity index (χ3v) is 5.06. The first-order valence-corrected chi connectivity index (χ1v) is 9.09. The Kier molecular flexibility index (Phi) is 6.49. The molecule has 1 N–H and O–H groups in total. The Morgan fingerprint density at radius 1 is 1.12 bits per heavy atom. The second kappa shape index (κ2) is 8.41. The van der Waals surface area contributed by atoms with Crippen molar-refractivity contribution in [2.75, 3.05) is 13.7 Å². The van der Waals surface area contributed by atoms with E-state index in [1.807, 2.05) is 0 Å². The van der Waals surface area contributed by atoms with Gasteiger partial charge in [-0.1, -0.05) is 12.1 Å². The quantitative estimate of drug-likeness (QED) is 0.753. The number of alkyl halides is 2. The highest BCUT2D eigenvalue weighted by atomic mass is 32.2. The fourth-order valence-corrected chi connectivity index (χ4v) is 3.26. The van der Waals surface area contributed by atoms with Crippen molar-refractivity contribution < 1.29 is 31.1 Å². The van der Waals surface area contributed by atoms with Gasteiger partial charge >= 0.3 is 6.61 Å². The van der Waals surface area contributed by atoms with Crippen LogP contribution in [-0.4, -0.2) is 28.7 Å². The number of sulfonamides is 1. The lowest BCUT2D eigenvalue weighted by molar-refractivity contribution is -0.0512. The maximum atomic E-state index is 13.5. The van der Waals surface area contributed by atoms with Crippen molar-refractivity contribution >= 4 is 10.0 Å². The highest BCUT2D eigenvalue weighted by molar-refractivity contribution is 7.89. The molecule has 0 fully saturated rings. The van der Waals surface area contributed by atoms with Gasteiger partial charge in [-0.2, -0.15) is 8.78 Å². The van der Waals surface area contributed by atoms with Gasteiger partial charge in [0, 0.05) is 6.54 Å². The van der Waals surface area contributed by atoms with Gasteiger partial charge in [-0.05, 0) is 48.7 Å². The molecule has 142 valence electrons. The molecule has 0 aliphatic carbocycles. The molecule has 9 heteroatoms. The van der Waals surface area contributed by atoms with Crippen molar-refractivity contribution in [2.24, 2.45) is 0 Å². The van der Waals surface area contributed by atoms with Crippen LogP contribution in [0.1, 0.15) is 11.1 Å². The van der Waals surface area contributed by atoms with Gasteiger partial charge < -0.3 is 9.47 Å². The molecule has 2 aromatic rings. The molecule has 0 bridgehead atoms. The van der Waals surface area contributed by atoms with E-state index in [1.165, 1.54) is 44.4 Å². The van der Waals surface area contributed by atoms with Crippen LogP contribution < -0.4 is 14.2 Å². The Labute approximate surface area is 149 Å². The summed E-state index contributed by atoms with van der Waals surface area (Å²) >= 11 is 0. The number of rotatable bonds is 8. The molecule has 0 saturated heterocycles. The lowest BCUT2D eigenvalue weighted by atomic mass is 10.1. The summed E-state index contributed by atoms with van der Waals surface area (Å²) in [6.45, 7) is -1.40. The highest BCUT2D eigenvalue weighted by Gasteiger charge is 2.16. The van der Waals surface area contributed by atoms with Crippen LogP contribution in [-0.2, 0) is 16.4 Å². The van der Waals surface area contributed by atoms with Crippen LogP contribution in [0.5, 0.6) is 11.5 Å². The van der Waals surface area contributed by atoms with Gasteiger partial charge in [-0.3, -0.25) is 0 Å². The monoisotopic (exact) mass is 389 g/mol. The van der Waals surface area contributed by atoms with E-state index in [-0.39, 0.29) is 29.4 Å². The van der Waals surface area contributed by atoms with Gasteiger partial charge in [-0.25, -0.2) is 17.5 Å². The summed E-state index contributed by atoms with van der Waals surface area (Å²) in [4.78, 5) is -0.168. The first kappa shape index (κ1) is 20.1. The molecular weight excluding hydrogens is 371 g/mol. The Hall–Kier alpha value is -2.26. The van der Waals surface area contributed by atoms with Gasteiger partial charge in [0.15, 0.2) is 11.5 Å². The van der Waals surface area contributed by atoms with Gasteiger partial charge in [-0.15, -0.1) is 0 Å².